The van der Waals surface area contributed by atoms with Gasteiger partial charge in [0.15, 0.2) is 5.96 Å². The Balaban J connectivity index is 0.00000364. The van der Waals surface area contributed by atoms with Crippen LogP contribution in [-0.4, -0.2) is 66.6 Å². The van der Waals surface area contributed by atoms with Crippen LogP contribution in [0.1, 0.15) is 24.8 Å². The van der Waals surface area contributed by atoms with Crippen LogP contribution in [0.25, 0.3) is 0 Å². The zero-order chi connectivity index (χ0) is 19.0. The molecule has 10 heteroatoms. The van der Waals surface area contributed by atoms with E-state index in [1.807, 2.05) is 24.0 Å². The Morgan fingerprint density at radius 3 is 2.48 bits per heavy atom. The van der Waals surface area contributed by atoms with E-state index in [1.165, 1.54) is 4.90 Å². The van der Waals surface area contributed by atoms with E-state index in [4.69, 9.17) is 0 Å². The Morgan fingerprint density at radius 1 is 1.26 bits per heavy atom. The molecule has 0 amide bonds. The van der Waals surface area contributed by atoms with Gasteiger partial charge in [0.1, 0.15) is 0 Å². The molecule has 0 aliphatic carbocycles. The van der Waals surface area contributed by atoms with Crippen molar-refractivity contribution >= 4 is 29.9 Å². The lowest BCUT2D eigenvalue weighted by Crippen LogP contribution is -2.42. The largest absolute Gasteiger partial charge is 0.401 e. The molecule has 1 saturated heterocycles. The molecule has 27 heavy (non-hydrogen) atoms. The summed E-state index contributed by atoms with van der Waals surface area (Å²) in [4.78, 5) is 5.69. The number of alkyl halides is 3. The predicted octanol–water partition coefficient (Wildman–Crippen LogP) is 2.64. The summed E-state index contributed by atoms with van der Waals surface area (Å²) >= 11 is 0. The van der Waals surface area contributed by atoms with Crippen LogP contribution in [0.3, 0.4) is 0 Å². The number of likely N-dealkylation sites (tertiary alicyclic amines) is 1. The van der Waals surface area contributed by atoms with Crippen LogP contribution in [0, 0.1) is 12.8 Å². The minimum Gasteiger partial charge on any atom is -0.356 e. The van der Waals surface area contributed by atoms with Crippen molar-refractivity contribution in [2.75, 3.05) is 39.8 Å². The number of aliphatic imine (C=N–C) groups is 1. The minimum absolute atomic E-state index is 0. The normalized spacial score (nSPS) is 16.9. The minimum atomic E-state index is -4.10. The van der Waals surface area contributed by atoms with E-state index in [0.29, 0.717) is 19.0 Å². The molecule has 156 valence electrons. The molecule has 2 rings (SSSR count). The van der Waals surface area contributed by atoms with E-state index in [9.17, 15) is 13.2 Å². The third-order valence-corrected chi connectivity index (χ3v) is 4.57. The van der Waals surface area contributed by atoms with Crippen molar-refractivity contribution in [3.05, 3.63) is 18.0 Å². The van der Waals surface area contributed by atoms with E-state index in [1.54, 1.807) is 7.05 Å². The lowest BCUT2D eigenvalue weighted by molar-refractivity contribution is -0.148. The first kappa shape index (κ1) is 24.0. The first-order chi connectivity index (χ1) is 12.4. The molecule has 0 spiro atoms. The van der Waals surface area contributed by atoms with E-state index in [0.717, 1.165) is 50.4 Å². The van der Waals surface area contributed by atoms with Gasteiger partial charge in [-0.3, -0.25) is 14.6 Å². The molecule has 0 radical (unpaired) electrons. The lowest BCUT2D eigenvalue weighted by atomic mass is 9.93. The predicted molar refractivity (Wildman–Crippen MR) is 112 cm³/mol. The number of piperidine rings is 1. The van der Waals surface area contributed by atoms with Crippen LogP contribution >= 0.6 is 24.0 Å². The molecule has 0 atom stereocenters. The summed E-state index contributed by atoms with van der Waals surface area (Å²) in [6, 6.07) is 0. The van der Waals surface area contributed by atoms with E-state index in [-0.39, 0.29) is 24.0 Å². The molecule has 0 saturated carbocycles. The van der Waals surface area contributed by atoms with Crippen LogP contribution in [0.5, 0.6) is 0 Å². The number of hydrogen-bond acceptors (Lipinski definition) is 3. The highest BCUT2D eigenvalue weighted by atomic mass is 127. The van der Waals surface area contributed by atoms with Gasteiger partial charge in [-0.05, 0) is 50.8 Å². The zero-order valence-corrected chi connectivity index (χ0v) is 18.3. The van der Waals surface area contributed by atoms with E-state index < -0.39 is 12.7 Å². The van der Waals surface area contributed by atoms with Crippen molar-refractivity contribution in [3.63, 3.8) is 0 Å². The maximum atomic E-state index is 12.4. The quantitative estimate of drug-likeness (QED) is 0.342. The number of nitrogens with one attached hydrogen (secondary N) is 2. The number of aromatic nitrogens is 2. The van der Waals surface area contributed by atoms with Crippen LogP contribution in [0.15, 0.2) is 17.4 Å². The summed E-state index contributed by atoms with van der Waals surface area (Å²) in [6.45, 7) is 4.52. The third-order valence-electron chi connectivity index (χ3n) is 4.57. The Hall–Kier alpha value is -1.04. The second-order valence-corrected chi connectivity index (χ2v) is 6.83. The standard InChI is InChI=1S/C17H29F3N6.HI/c1-14-11-24-26(12-14)10-7-23-16(21-2)22-6-3-15-4-8-25(9-5-15)13-17(18,19)20;/h11-12,15H,3-10,13H2,1-2H3,(H2,21,22,23);1H. The highest BCUT2D eigenvalue weighted by Gasteiger charge is 2.32. The third kappa shape index (κ3) is 9.63. The zero-order valence-electron chi connectivity index (χ0n) is 15.9. The van der Waals surface area contributed by atoms with Gasteiger partial charge in [0.25, 0.3) is 0 Å². The fourth-order valence-electron chi connectivity index (χ4n) is 3.18. The molecule has 1 aromatic heterocycles. The van der Waals surface area contributed by atoms with Gasteiger partial charge in [0, 0.05) is 26.3 Å². The Labute approximate surface area is 176 Å². The molecule has 2 heterocycles. The number of rotatable bonds is 7. The monoisotopic (exact) mass is 502 g/mol. The summed E-state index contributed by atoms with van der Waals surface area (Å²) in [7, 11) is 1.73. The molecule has 6 nitrogen and oxygen atoms in total. The summed E-state index contributed by atoms with van der Waals surface area (Å²) in [5.41, 5.74) is 1.13. The number of aryl methyl sites for hydroxylation is 1. The smallest absolute Gasteiger partial charge is 0.356 e. The fourth-order valence-corrected chi connectivity index (χ4v) is 3.18. The summed E-state index contributed by atoms with van der Waals surface area (Å²) < 4.78 is 39.1. The van der Waals surface area contributed by atoms with Crippen LogP contribution < -0.4 is 10.6 Å². The number of halogens is 4. The van der Waals surface area contributed by atoms with Crippen LogP contribution in [-0.2, 0) is 6.54 Å². The van der Waals surface area contributed by atoms with Gasteiger partial charge in [-0.25, -0.2) is 0 Å². The molecule has 1 fully saturated rings. The van der Waals surface area contributed by atoms with Crippen molar-refractivity contribution < 1.29 is 13.2 Å². The molecular formula is C17H30F3IN6. The van der Waals surface area contributed by atoms with Crippen LogP contribution in [0.4, 0.5) is 13.2 Å². The first-order valence-electron chi connectivity index (χ1n) is 9.08. The van der Waals surface area contributed by atoms with Crippen molar-refractivity contribution in [1.82, 2.24) is 25.3 Å². The Kier molecular flexibility index (Phi) is 10.4. The van der Waals surface area contributed by atoms with Gasteiger partial charge >= 0.3 is 6.18 Å². The average Bonchev–Trinajstić information content (AvgIpc) is 2.99. The number of nitrogens with zero attached hydrogens (tertiary/aromatic N) is 4. The molecular weight excluding hydrogens is 472 g/mol. The van der Waals surface area contributed by atoms with Gasteiger partial charge in [0.05, 0.1) is 19.3 Å². The van der Waals surface area contributed by atoms with Crippen molar-refractivity contribution in [1.29, 1.82) is 0 Å². The van der Waals surface area contributed by atoms with Crippen LogP contribution in [0.2, 0.25) is 0 Å². The summed E-state index contributed by atoms with van der Waals surface area (Å²) in [5.74, 6) is 1.21. The van der Waals surface area contributed by atoms with Crippen molar-refractivity contribution in [3.8, 4) is 0 Å². The maximum Gasteiger partial charge on any atom is 0.401 e. The molecule has 0 unspecified atom stereocenters. The second kappa shape index (κ2) is 11.7. The van der Waals surface area contributed by atoms with Crippen molar-refractivity contribution in [2.45, 2.75) is 38.9 Å². The number of hydrogen-bond donors (Lipinski definition) is 2. The molecule has 2 N–H and O–H groups in total. The fraction of sp³-hybridized carbons (Fsp3) is 0.765. The molecule has 0 bridgehead atoms. The maximum absolute atomic E-state index is 12.4. The molecule has 1 aliphatic heterocycles. The lowest BCUT2D eigenvalue weighted by Gasteiger charge is -2.32. The van der Waals surface area contributed by atoms with Gasteiger partial charge in [-0.1, -0.05) is 0 Å². The van der Waals surface area contributed by atoms with Gasteiger partial charge in [0.2, 0.25) is 0 Å². The van der Waals surface area contributed by atoms with E-state index >= 15 is 0 Å². The highest BCUT2D eigenvalue weighted by molar-refractivity contribution is 14.0. The highest BCUT2D eigenvalue weighted by Crippen LogP contribution is 2.23. The average molecular weight is 502 g/mol. The number of guanidine groups is 1. The molecule has 0 aromatic carbocycles. The SMILES string of the molecule is CN=C(NCCC1CCN(CC(F)(F)F)CC1)NCCn1cc(C)cn1.I. The second-order valence-electron chi connectivity index (χ2n) is 6.83. The molecule has 1 aromatic rings. The summed E-state index contributed by atoms with van der Waals surface area (Å²) in [6.07, 6.45) is 2.31. The Morgan fingerprint density at radius 2 is 1.93 bits per heavy atom. The van der Waals surface area contributed by atoms with Gasteiger partial charge in [-0.15, -0.1) is 24.0 Å². The molecule has 1 aliphatic rings. The van der Waals surface area contributed by atoms with E-state index in [2.05, 4.69) is 20.7 Å². The Bertz CT molecular complexity index is 567. The summed E-state index contributed by atoms with van der Waals surface area (Å²) in [5, 5.41) is 10.7. The van der Waals surface area contributed by atoms with Gasteiger partial charge in [-0.2, -0.15) is 18.3 Å². The van der Waals surface area contributed by atoms with Gasteiger partial charge < -0.3 is 10.6 Å². The van der Waals surface area contributed by atoms with Crippen molar-refractivity contribution in [2.24, 2.45) is 10.9 Å². The first-order valence-corrected chi connectivity index (χ1v) is 9.08. The topological polar surface area (TPSA) is 57.5 Å².